The molecule has 0 amide bonds. The Bertz CT molecular complexity index is 312. The Hall–Kier alpha value is -0.840. The van der Waals surface area contributed by atoms with Crippen molar-refractivity contribution < 1.29 is 8.42 Å². The van der Waals surface area contributed by atoms with Crippen molar-refractivity contribution in [2.75, 3.05) is 0 Å². The lowest BCUT2D eigenvalue weighted by Gasteiger charge is -2.06. The van der Waals surface area contributed by atoms with Gasteiger partial charge in [0.1, 0.15) is 6.33 Å². The molecule has 0 aliphatic carbocycles. The van der Waals surface area contributed by atoms with E-state index in [-0.39, 0.29) is 0 Å². The highest BCUT2D eigenvalue weighted by atomic mass is 32.2. The maximum Gasteiger partial charge on any atom is 0.242 e. The highest BCUT2D eigenvalue weighted by molar-refractivity contribution is 7.90. The van der Waals surface area contributed by atoms with E-state index in [1.807, 2.05) is 0 Å². The molecule has 62 valence electrons. The minimum atomic E-state index is -3.18. The summed E-state index contributed by atoms with van der Waals surface area (Å²) in [5.41, 5.74) is 0. The molecule has 1 heterocycles. The first-order valence-corrected chi connectivity index (χ1v) is 4.78. The zero-order valence-electron chi connectivity index (χ0n) is 6.43. The van der Waals surface area contributed by atoms with Gasteiger partial charge in [0.25, 0.3) is 0 Å². The molecule has 0 unspecified atom stereocenters. The Labute approximate surface area is 65.9 Å². The fraction of sp³-hybridized carbons (Fsp3) is 0.500. The average Bonchev–Trinajstić information content (AvgIpc) is 2.37. The summed E-state index contributed by atoms with van der Waals surface area (Å²) in [5.74, 6) is 0. The molecule has 0 aliphatic rings. The van der Waals surface area contributed by atoms with Crippen molar-refractivity contribution in [3.63, 3.8) is 0 Å². The molecule has 0 fully saturated rings. The van der Waals surface area contributed by atoms with Crippen molar-refractivity contribution in [1.29, 1.82) is 0 Å². The topological polar surface area (TPSA) is 52.0 Å². The summed E-state index contributed by atoms with van der Waals surface area (Å²) in [4.78, 5) is 3.65. The Morgan fingerprint density at radius 2 is 2.09 bits per heavy atom. The van der Waals surface area contributed by atoms with Crippen LogP contribution in [0.1, 0.15) is 13.8 Å². The minimum Gasteiger partial charge on any atom is -0.244 e. The molecule has 0 aliphatic heterocycles. The van der Waals surface area contributed by atoms with Crippen LogP contribution in [-0.4, -0.2) is 22.6 Å². The van der Waals surface area contributed by atoms with Gasteiger partial charge in [0.2, 0.25) is 10.0 Å². The summed E-state index contributed by atoms with van der Waals surface area (Å²) < 4.78 is 23.8. The molecule has 1 rings (SSSR count). The van der Waals surface area contributed by atoms with Crippen LogP contribution in [0.3, 0.4) is 0 Å². The fourth-order valence-electron chi connectivity index (χ4n) is 0.641. The van der Waals surface area contributed by atoms with Crippen LogP contribution in [0.2, 0.25) is 0 Å². The maximum atomic E-state index is 11.3. The Morgan fingerprint density at radius 1 is 1.45 bits per heavy atom. The van der Waals surface area contributed by atoms with Gasteiger partial charge in [-0.2, -0.15) is 0 Å². The van der Waals surface area contributed by atoms with Crippen LogP contribution in [-0.2, 0) is 10.0 Å². The van der Waals surface area contributed by atoms with E-state index in [1.54, 1.807) is 13.8 Å². The smallest absolute Gasteiger partial charge is 0.242 e. The van der Waals surface area contributed by atoms with E-state index >= 15 is 0 Å². The molecule has 0 aromatic carbocycles. The molecule has 1 aromatic heterocycles. The summed E-state index contributed by atoms with van der Waals surface area (Å²) in [6.45, 7) is 3.27. The molecule has 0 N–H and O–H groups in total. The largest absolute Gasteiger partial charge is 0.244 e. The molecule has 0 saturated heterocycles. The molecule has 0 atom stereocenters. The highest BCUT2D eigenvalue weighted by Crippen LogP contribution is 2.03. The van der Waals surface area contributed by atoms with Crippen LogP contribution in [0.15, 0.2) is 18.7 Å². The summed E-state index contributed by atoms with van der Waals surface area (Å²) >= 11 is 0. The normalized spacial score (nSPS) is 12.3. The molecule has 0 bridgehead atoms. The first kappa shape index (κ1) is 8.26. The second-order valence-corrected chi connectivity index (χ2v) is 4.88. The number of hydrogen-bond acceptors (Lipinski definition) is 3. The van der Waals surface area contributed by atoms with Crippen molar-refractivity contribution in [2.24, 2.45) is 0 Å². The van der Waals surface area contributed by atoms with Gasteiger partial charge in [0.15, 0.2) is 0 Å². The number of hydrogen-bond donors (Lipinski definition) is 0. The standard InChI is InChI=1S/C6H10N2O2S/c1-6(2)11(9,10)8-4-3-7-5-8/h3-6H,1-2H3. The third-order valence-corrected chi connectivity index (χ3v) is 3.36. The van der Waals surface area contributed by atoms with Gasteiger partial charge in [-0.15, -0.1) is 0 Å². The van der Waals surface area contributed by atoms with Gasteiger partial charge in [-0.25, -0.2) is 17.4 Å². The van der Waals surface area contributed by atoms with Crippen molar-refractivity contribution in [1.82, 2.24) is 8.96 Å². The van der Waals surface area contributed by atoms with Crippen molar-refractivity contribution >= 4 is 10.0 Å². The van der Waals surface area contributed by atoms with E-state index in [9.17, 15) is 8.42 Å². The van der Waals surface area contributed by atoms with Gasteiger partial charge in [-0.3, -0.25) is 0 Å². The predicted octanol–water partition coefficient (Wildman–Crippen LogP) is 0.469. The summed E-state index contributed by atoms with van der Waals surface area (Å²) in [6.07, 6.45) is 4.16. The lowest BCUT2D eigenvalue weighted by atomic mass is 10.6. The zero-order valence-corrected chi connectivity index (χ0v) is 7.25. The van der Waals surface area contributed by atoms with Crippen LogP contribution in [0, 0.1) is 0 Å². The molecule has 0 saturated carbocycles. The lowest BCUT2D eigenvalue weighted by Crippen LogP contribution is -2.20. The molecular formula is C6H10N2O2S. The second-order valence-electron chi connectivity index (χ2n) is 2.49. The maximum absolute atomic E-state index is 11.3. The van der Waals surface area contributed by atoms with Gasteiger partial charge < -0.3 is 0 Å². The highest BCUT2D eigenvalue weighted by Gasteiger charge is 2.16. The van der Waals surface area contributed by atoms with E-state index < -0.39 is 15.3 Å². The fourth-order valence-corrected chi connectivity index (χ4v) is 1.54. The van der Waals surface area contributed by atoms with Gasteiger partial charge in [-0.1, -0.05) is 0 Å². The number of rotatable bonds is 2. The quantitative estimate of drug-likeness (QED) is 0.655. The van der Waals surface area contributed by atoms with Crippen molar-refractivity contribution in [2.45, 2.75) is 19.1 Å². The molecule has 1 aromatic rings. The summed E-state index contributed by atoms with van der Waals surface area (Å²) in [7, 11) is -3.18. The molecular weight excluding hydrogens is 164 g/mol. The van der Waals surface area contributed by atoms with Gasteiger partial charge in [0.05, 0.1) is 5.25 Å². The van der Waals surface area contributed by atoms with E-state index in [0.717, 1.165) is 3.97 Å². The Balaban J connectivity index is 3.12. The Morgan fingerprint density at radius 3 is 2.45 bits per heavy atom. The molecule has 0 radical (unpaired) electrons. The minimum absolute atomic E-state index is 0.406. The van der Waals surface area contributed by atoms with E-state index in [2.05, 4.69) is 4.98 Å². The predicted molar refractivity (Wildman–Crippen MR) is 41.7 cm³/mol. The van der Waals surface area contributed by atoms with Gasteiger partial charge in [-0.05, 0) is 13.8 Å². The van der Waals surface area contributed by atoms with E-state index in [4.69, 9.17) is 0 Å². The monoisotopic (exact) mass is 174 g/mol. The van der Waals surface area contributed by atoms with Crippen LogP contribution in [0.5, 0.6) is 0 Å². The van der Waals surface area contributed by atoms with Crippen molar-refractivity contribution in [3.8, 4) is 0 Å². The van der Waals surface area contributed by atoms with Crippen LogP contribution >= 0.6 is 0 Å². The van der Waals surface area contributed by atoms with Gasteiger partial charge >= 0.3 is 0 Å². The van der Waals surface area contributed by atoms with Crippen LogP contribution in [0.4, 0.5) is 0 Å². The van der Waals surface area contributed by atoms with E-state index in [0.29, 0.717) is 0 Å². The lowest BCUT2D eigenvalue weighted by molar-refractivity contribution is 0.578. The van der Waals surface area contributed by atoms with Crippen LogP contribution < -0.4 is 0 Å². The Kier molecular flexibility index (Phi) is 1.99. The van der Waals surface area contributed by atoms with E-state index in [1.165, 1.54) is 18.7 Å². The number of imidazole rings is 1. The number of nitrogens with zero attached hydrogens (tertiary/aromatic N) is 2. The second kappa shape index (κ2) is 2.65. The summed E-state index contributed by atoms with van der Waals surface area (Å²) in [6, 6.07) is 0. The first-order chi connectivity index (χ1) is 5.05. The molecule has 4 nitrogen and oxygen atoms in total. The summed E-state index contributed by atoms with van der Waals surface area (Å²) in [5, 5.41) is -0.406. The zero-order chi connectivity index (χ0) is 8.48. The molecule has 0 spiro atoms. The first-order valence-electron chi connectivity index (χ1n) is 3.27. The SMILES string of the molecule is CC(C)S(=O)(=O)n1ccnc1. The molecule has 5 heteroatoms. The third kappa shape index (κ3) is 1.42. The van der Waals surface area contributed by atoms with Gasteiger partial charge in [0, 0.05) is 12.4 Å². The third-order valence-electron chi connectivity index (χ3n) is 1.37. The van der Waals surface area contributed by atoms with Crippen molar-refractivity contribution in [3.05, 3.63) is 18.7 Å². The molecule has 11 heavy (non-hydrogen) atoms. The van der Waals surface area contributed by atoms with Crippen LogP contribution in [0.25, 0.3) is 0 Å². The average molecular weight is 174 g/mol. The number of aromatic nitrogens is 2.